The molecule has 20 heavy (non-hydrogen) atoms. The molecule has 1 saturated heterocycles. The van der Waals surface area contributed by atoms with Crippen molar-refractivity contribution in [2.45, 2.75) is 32.7 Å². The Morgan fingerprint density at radius 3 is 3.05 bits per heavy atom. The van der Waals surface area contributed by atoms with Gasteiger partial charge in [0.1, 0.15) is 0 Å². The maximum absolute atomic E-state index is 12.7. The van der Waals surface area contributed by atoms with Crippen molar-refractivity contribution < 1.29 is 4.79 Å². The van der Waals surface area contributed by atoms with Gasteiger partial charge in [0.25, 0.3) is 5.91 Å². The second-order valence-electron chi connectivity index (χ2n) is 5.59. The van der Waals surface area contributed by atoms with Crippen molar-refractivity contribution in [2.24, 2.45) is 5.92 Å². The lowest BCUT2D eigenvalue weighted by Crippen LogP contribution is -2.46. The summed E-state index contributed by atoms with van der Waals surface area (Å²) in [5.41, 5.74) is 7.31. The number of aromatic nitrogens is 1. The van der Waals surface area contributed by atoms with Crippen LogP contribution in [0.1, 0.15) is 37.0 Å². The van der Waals surface area contributed by atoms with Crippen molar-refractivity contribution in [3.63, 3.8) is 0 Å². The normalized spacial score (nSPS) is 23.2. The summed E-state index contributed by atoms with van der Waals surface area (Å²) in [5.74, 6) is 0.688. The Kier molecular flexibility index (Phi) is 3.38. The number of nitrogens with zero attached hydrogens (tertiary/aromatic N) is 2. The molecule has 4 nitrogen and oxygen atoms in total. The van der Waals surface area contributed by atoms with Crippen LogP contribution in [0.25, 0.3) is 10.2 Å². The largest absolute Gasteiger partial charge is 0.375 e. The summed E-state index contributed by atoms with van der Waals surface area (Å²) in [6.45, 7) is 5.22. The minimum absolute atomic E-state index is 0.123. The lowest BCUT2D eigenvalue weighted by molar-refractivity contribution is 0.0551. The highest BCUT2D eigenvalue weighted by atomic mass is 32.1. The summed E-state index contributed by atoms with van der Waals surface area (Å²) in [4.78, 5) is 18.9. The topological polar surface area (TPSA) is 59.2 Å². The molecule has 2 atom stereocenters. The summed E-state index contributed by atoms with van der Waals surface area (Å²) in [6.07, 6.45) is 2.29. The molecule has 2 unspecified atom stereocenters. The molecule has 0 bridgehead atoms. The van der Waals surface area contributed by atoms with E-state index in [-0.39, 0.29) is 5.91 Å². The smallest absolute Gasteiger partial charge is 0.254 e. The van der Waals surface area contributed by atoms with Gasteiger partial charge in [-0.05, 0) is 43.9 Å². The van der Waals surface area contributed by atoms with Crippen LogP contribution in [0.4, 0.5) is 5.13 Å². The standard InChI is InChI=1S/C15H19N3OS/c1-9-4-3-7-18(10(9)2)14(19)11-5-6-12-13(8-11)20-15(16)17-12/h5-6,8-10H,3-4,7H2,1-2H3,(H2,16,17). The van der Waals surface area contributed by atoms with Crippen molar-refractivity contribution in [3.8, 4) is 0 Å². The monoisotopic (exact) mass is 289 g/mol. The zero-order valence-corrected chi connectivity index (χ0v) is 12.6. The highest BCUT2D eigenvalue weighted by Crippen LogP contribution is 2.28. The summed E-state index contributed by atoms with van der Waals surface area (Å²) in [7, 11) is 0. The Hall–Kier alpha value is -1.62. The molecular weight excluding hydrogens is 270 g/mol. The summed E-state index contributed by atoms with van der Waals surface area (Å²) < 4.78 is 0.978. The van der Waals surface area contributed by atoms with Crippen molar-refractivity contribution in [2.75, 3.05) is 12.3 Å². The molecule has 2 aromatic rings. The van der Waals surface area contributed by atoms with Gasteiger partial charge < -0.3 is 10.6 Å². The van der Waals surface area contributed by atoms with Gasteiger partial charge in [-0.2, -0.15) is 0 Å². The van der Waals surface area contributed by atoms with E-state index < -0.39 is 0 Å². The van der Waals surface area contributed by atoms with Gasteiger partial charge >= 0.3 is 0 Å². The number of nitrogens with two attached hydrogens (primary N) is 1. The van der Waals surface area contributed by atoms with Crippen LogP contribution in [0.2, 0.25) is 0 Å². The lowest BCUT2D eigenvalue weighted by Gasteiger charge is -2.38. The molecule has 2 N–H and O–H groups in total. The van der Waals surface area contributed by atoms with Gasteiger partial charge in [0.05, 0.1) is 10.2 Å². The van der Waals surface area contributed by atoms with Gasteiger partial charge in [-0.25, -0.2) is 4.98 Å². The first-order valence-corrected chi connectivity index (χ1v) is 7.85. The van der Waals surface area contributed by atoms with Crippen LogP contribution < -0.4 is 5.73 Å². The fourth-order valence-electron chi connectivity index (χ4n) is 2.86. The number of fused-ring (bicyclic) bond motifs is 1. The second kappa shape index (κ2) is 5.05. The summed E-state index contributed by atoms with van der Waals surface area (Å²) in [6, 6.07) is 5.96. The fourth-order valence-corrected chi connectivity index (χ4v) is 3.64. The number of rotatable bonds is 1. The van der Waals surface area contributed by atoms with Crippen LogP contribution in [-0.2, 0) is 0 Å². The number of hydrogen-bond acceptors (Lipinski definition) is 4. The molecule has 2 heterocycles. The van der Waals surface area contributed by atoms with Gasteiger partial charge in [-0.1, -0.05) is 18.3 Å². The first-order valence-electron chi connectivity index (χ1n) is 7.03. The van der Waals surface area contributed by atoms with Crippen LogP contribution in [0.3, 0.4) is 0 Å². The van der Waals surface area contributed by atoms with E-state index in [2.05, 4.69) is 18.8 Å². The van der Waals surface area contributed by atoms with E-state index in [0.717, 1.165) is 28.7 Å². The summed E-state index contributed by atoms with van der Waals surface area (Å²) in [5, 5.41) is 0.546. The average molecular weight is 289 g/mol. The van der Waals surface area contributed by atoms with E-state index in [4.69, 9.17) is 5.73 Å². The maximum atomic E-state index is 12.7. The molecule has 3 rings (SSSR count). The van der Waals surface area contributed by atoms with Crippen molar-refractivity contribution in [1.82, 2.24) is 9.88 Å². The molecular formula is C15H19N3OS. The molecule has 0 saturated carbocycles. The fraction of sp³-hybridized carbons (Fsp3) is 0.467. The SMILES string of the molecule is CC1CCCN(C(=O)c2ccc3nc(N)sc3c2)C1C. The number of carbonyl (C=O) groups is 1. The Balaban J connectivity index is 1.91. The van der Waals surface area contributed by atoms with E-state index in [9.17, 15) is 4.79 Å². The maximum Gasteiger partial charge on any atom is 0.254 e. The Morgan fingerprint density at radius 2 is 2.25 bits per heavy atom. The van der Waals surface area contributed by atoms with E-state index in [1.54, 1.807) is 0 Å². The highest BCUT2D eigenvalue weighted by Gasteiger charge is 2.29. The first kappa shape index (κ1) is 13.4. The number of hydrogen-bond donors (Lipinski definition) is 1. The Labute approximate surface area is 122 Å². The third-order valence-corrected chi connectivity index (χ3v) is 5.13. The minimum Gasteiger partial charge on any atom is -0.375 e. The number of amides is 1. The van der Waals surface area contributed by atoms with Gasteiger partial charge in [0.15, 0.2) is 5.13 Å². The van der Waals surface area contributed by atoms with Crippen LogP contribution in [0.15, 0.2) is 18.2 Å². The predicted molar refractivity (Wildman–Crippen MR) is 82.9 cm³/mol. The summed E-state index contributed by atoms with van der Waals surface area (Å²) >= 11 is 1.43. The Bertz CT molecular complexity index is 652. The molecule has 106 valence electrons. The van der Waals surface area contributed by atoms with E-state index in [1.165, 1.54) is 17.8 Å². The zero-order valence-electron chi connectivity index (χ0n) is 11.8. The third kappa shape index (κ3) is 2.26. The minimum atomic E-state index is 0.123. The predicted octanol–water partition coefficient (Wildman–Crippen LogP) is 3.14. The van der Waals surface area contributed by atoms with Crippen LogP contribution in [-0.4, -0.2) is 28.4 Å². The number of anilines is 1. The zero-order chi connectivity index (χ0) is 14.3. The molecule has 1 aromatic heterocycles. The second-order valence-corrected chi connectivity index (χ2v) is 6.66. The van der Waals surface area contributed by atoms with Gasteiger partial charge in [-0.3, -0.25) is 4.79 Å². The van der Waals surface area contributed by atoms with E-state index in [0.29, 0.717) is 17.1 Å². The van der Waals surface area contributed by atoms with Crippen LogP contribution >= 0.6 is 11.3 Å². The molecule has 1 amide bonds. The van der Waals surface area contributed by atoms with E-state index in [1.807, 2.05) is 23.1 Å². The van der Waals surface area contributed by atoms with E-state index >= 15 is 0 Å². The van der Waals surface area contributed by atoms with Gasteiger partial charge in [0, 0.05) is 18.2 Å². The third-order valence-electron chi connectivity index (χ3n) is 4.29. The number of piperidine rings is 1. The van der Waals surface area contributed by atoms with Gasteiger partial charge in [0.2, 0.25) is 0 Å². The number of thiazole rings is 1. The molecule has 1 aromatic carbocycles. The van der Waals surface area contributed by atoms with Crippen molar-refractivity contribution >= 4 is 32.6 Å². The molecule has 0 aliphatic carbocycles. The Morgan fingerprint density at radius 1 is 1.45 bits per heavy atom. The molecule has 0 spiro atoms. The van der Waals surface area contributed by atoms with Gasteiger partial charge in [-0.15, -0.1) is 0 Å². The van der Waals surface area contributed by atoms with Crippen LogP contribution in [0.5, 0.6) is 0 Å². The van der Waals surface area contributed by atoms with Crippen LogP contribution in [0, 0.1) is 5.92 Å². The molecule has 0 radical (unpaired) electrons. The molecule has 1 aliphatic heterocycles. The van der Waals surface area contributed by atoms with Crippen molar-refractivity contribution in [3.05, 3.63) is 23.8 Å². The molecule has 5 heteroatoms. The highest BCUT2D eigenvalue weighted by molar-refractivity contribution is 7.22. The number of nitrogen functional groups attached to an aromatic ring is 1. The first-order chi connectivity index (χ1) is 9.56. The molecule has 1 fully saturated rings. The number of benzene rings is 1. The van der Waals surface area contributed by atoms with Crippen molar-refractivity contribution in [1.29, 1.82) is 0 Å². The quantitative estimate of drug-likeness (QED) is 0.877. The number of likely N-dealkylation sites (tertiary alicyclic amines) is 1. The lowest BCUT2D eigenvalue weighted by atomic mass is 9.91. The molecule has 1 aliphatic rings. The average Bonchev–Trinajstić information content (AvgIpc) is 2.80. The number of carbonyl (C=O) groups excluding carboxylic acids is 1.